The van der Waals surface area contributed by atoms with Crippen molar-refractivity contribution in [3.63, 3.8) is 0 Å². The SMILES string of the molecule is COc1cccc(C(=O)NCCNC(N)=NCc2ccc(OC(F)(F)F)cc2)c1. The number of nitrogens with one attached hydrogen (secondary N) is 2. The lowest BCUT2D eigenvalue weighted by molar-refractivity contribution is -0.274. The van der Waals surface area contributed by atoms with Crippen LogP contribution in [-0.4, -0.2) is 38.4 Å². The van der Waals surface area contributed by atoms with Crippen molar-refractivity contribution >= 4 is 11.9 Å². The molecular weight excluding hydrogens is 389 g/mol. The Morgan fingerprint density at radius 1 is 1.07 bits per heavy atom. The monoisotopic (exact) mass is 410 g/mol. The van der Waals surface area contributed by atoms with Crippen LogP contribution < -0.4 is 25.8 Å². The molecule has 156 valence electrons. The van der Waals surface area contributed by atoms with E-state index in [2.05, 4.69) is 20.4 Å². The van der Waals surface area contributed by atoms with Gasteiger partial charge in [-0.1, -0.05) is 18.2 Å². The zero-order valence-corrected chi connectivity index (χ0v) is 15.6. The molecule has 0 saturated carbocycles. The molecule has 2 aromatic carbocycles. The molecule has 0 aliphatic rings. The third-order valence-corrected chi connectivity index (χ3v) is 3.64. The van der Waals surface area contributed by atoms with Crippen molar-refractivity contribution in [1.29, 1.82) is 0 Å². The van der Waals surface area contributed by atoms with Gasteiger partial charge in [0.25, 0.3) is 5.91 Å². The second kappa shape index (κ2) is 10.2. The minimum atomic E-state index is -4.73. The molecule has 0 aromatic heterocycles. The molecule has 0 saturated heterocycles. The number of hydrogen-bond acceptors (Lipinski definition) is 4. The average Bonchev–Trinajstić information content (AvgIpc) is 2.69. The summed E-state index contributed by atoms with van der Waals surface area (Å²) in [6.07, 6.45) is -4.73. The lowest BCUT2D eigenvalue weighted by atomic mass is 10.2. The summed E-state index contributed by atoms with van der Waals surface area (Å²) in [5.41, 5.74) is 6.88. The standard InChI is InChI=1S/C19H21F3N4O3/c1-28-16-4-2-3-14(11-16)17(27)24-9-10-25-18(23)26-12-13-5-7-15(8-6-13)29-19(20,21)22/h2-8,11H,9-10,12H2,1H3,(H,24,27)(H3,23,25,26). The summed E-state index contributed by atoms with van der Waals surface area (Å²) in [4.78, 5) is 16.1. The Kier molecular flexibility index (Phi) is 7.70. The number of amides is 1. The topological polar surface area (TPSA) is 98.0 Å². The van der Waals surface area contributed by atoms with Crippen LogP contribution in [0.3, 0.4) is 0 Å². The minimum Gasteiger partial charge on any atom is -0.497 e. The molecule has 29 heavy (non-hydrogen) atoms. The van der Waals surface area contributed by atoms with Gasteiger partial charge >= 0.3 is 6.36 Å². The van der Waals surface area contributed by atoms with Gasteiger partial charge in [0.15, 0.2) is 5.96 Å². The number of methoxy groups -OCH3 is 1. The van der Waals surface area contributed by atoms with E-state index in [9.17, 15) is 18.0 Å². The quantitative estimate of drug-likeness (QED) is 0.353. The lowest BCUT2D eigenvalue weighted by Gasteiger charge is -2.09. The summed E-state index contributed by atoms with van der Waals surface area (Å²) < 4.78 is 45.2. The number of nitrogens with two attached hydrogens (primary N) is 1. The van der Waals surface area contributed by atoms with Crippen LogP contribution in [0.25, 0.3) is 0 Å². The molecule has 0 unspecified atom stereocenters. The summed E-state index contributed by atoms with van der Waals surface area (Å²) in [7, 11) is 1.52. The van der Waals surface area contributed by atoms with E-state index in [0.29, 0.717) is 30.0 Å². The van der Waals surface area contributed by atoms with Crippen molar-refractivity contribution in [3.05, 3.63) is 59.7 Å². The number of aliphatic imine (C=N–C) groups is 1. The summed E-state index contributed by atoms with van der Waals surface area (Å²) in [5.74, 6) is 0.187. The number of alkyl halides is 3. The second-order valence-electron chi connectivity index (χ2n) is 5.81. The molecule has 0 spiro atoms. The van der Waals surface area contributed by atoms with Gasteiger partial charge in [-0.3, -0.25) is 4.79 Å². The summed E-state index contributed by atoms with van der Waals surface area (Å²) in [6, 6.07) is 12.1. The van der Waals surface area contributed by atoms with Crippen molar-refractivity contribution in [2.75, 3.05) is 20.2 Å². The summed E-state index contributed by atoms with van der Waals surface area (Å²) in [6.45, 7) is 0.848. The predicted molar refractivity (Wildman–Crippen MR) is 102 cm³/mol. The van der Waals surface area contributed by atoms with Crippen molar-refractivity contribution in [2.24, 2.45) is 10.7 Å². The summed E-state index contributed by atoms with van der Waals surface area (Å²) in [5, 5.41) is 5.57. The number of hydrogen-bond donors (Lipinski definition) is 3. The van der Waals surface area contributed by atoms with Gasteiger partial charge < -0.3 is 25.8 Å². The van der Waals surface area contributed by atoms with E-state index in [1.807, 2.05) is 0 Å². The van der Waals surface area contributed by atoms with E-state index < -0.39 is 6.36 Å². The molecule has 0 aliphatic carbocycles. The smallest absolute Gasteiger partial charge is 0.497 e. The number of rotatable bonds is 8. The van der Waals surface area contributed by atoms with Gasteiger partial charge in [-0.2, -0.15) is 0 Å². The van der Waals surface area contributed by atoms with Gasteiger partial charge in [0.2, 0.25) is 0 Å². The first-order chi connectivity index (χ1) is 13.8. The van der Waals surface area contributed by atoms with E-state index in [4.69, 9.17) is 10.5 Å². The molecule has 0 aliphatic heterocycles. The Morgan fingerprint density at radius 2 is 1.76 bits per heavy atom. The molecule has 10 heteroatoms. The van der Waals surface area contributed by atoms with Crippen LogP contribution in [0, 0.1) is 0 Å². The number of halogens is 3. The maximum absolute atomic E-state index is 12.1. The van der Waals surface area contributed by atoms with Crippen LogP contribution in [0.5, 0.6) is 11.5 Å². The molecule has 0 radical (unpaired) electrons. The van der Waals surface area contributed by atoms with E-state index in [-0.39, 0.29) is 24.2 Å². The van der Waals surface area contributed by atoms with Crippen LogP contribution in [0.1, 0.15) is 15.9 Å². The Bertz CT molecular complexity index is 839. The largest absolute Gasteiger partial charge is 0.573 e. The number of carbonyl (C=O) groups excluding carboxylic acids is 1. The zero-order chi connectivity index (χ0) is 21.3. The molecule has 0 atom stereocenters. The zero-order valence-electron chi connectivity index (χ0n) is 15.6. The normalized spacial score (nSPS) is 11.7. The highest BCUT2D eigenvalue weighted by Crippen LogP contribution is 2.22. The van der Waals surface area contributed by atoms with Gasteiger partial charge in [0, 0.05) is 18.7 Å². The molecule has 0 bridgehead atoms. The maximum Gasteiger partial charge on any atom is 0.573 e. The fourth-order valence-corrected chi connectivity index (χ4v) is 2.26. The first-order valence-electron chi connectivity index (χ1n) is 8.57. The van der Waals surface area contributed by atoms with Crippen LogP contribution >= 0.6 is 0 Å². The van der Waals surface area contributed by atoms with E-state index in [0.717, 1.165) is 0 Å². The van der Waals surface area contributed by atoms with Crippen molar-refractivity contribution < 1.29 is 27.4 Å². The van der Waals surface area contributed by atoms with Gasteiger partial charge in [-0.15, -0.1) is 13.2 Å². The van der Waals surface area contributed by atoms with Crippen LogP contribution in [-0.2, 0) is 6.54 Å². The van der Waals surface area contributed by atoms with Gasteiger partial charge in [-0.05, 0) is 35.9 Å². The molecular formula is C19H21F3N4O3. The number of guanidine groups is 1. The van der Waals surface area contributed by atoms with E-state index in [1.54, 1.807) is 24.3 Å². The van der Waals surface area contributed by atoms with Gasteiger partial charge in [0.1, 0.15) is 11.5 Å². The third-order valence-electron chi connectivity index (χ3n) is 3.64. The van der Waals surface area contributed by atoms with Gasteiger partial charge in [0.05, 0.1) is 13.7 Å². The maximum atomic E-state index is 12.1. The Balaban J connectivity index is 1.72. The highest BCUT2D eigenvalue weighted by atomic mass is 19.4. The summed E-state index contributed by atoms with van der Waals surface area (Å²) >= 11 is 0. The number of benzene rings is 2. The number of nitrogens with zero attached hydrogens (tertiary/aromatic N) is 1. The Labute approximate surface area is 165 Å². The lowest BCUT2D eigenvalue weighted by Crippen LogP contribution is -2.38. The molecule has 2 aromatic rings. The Morgan fingerprint density at radius 3 is 2.41 bits per heavy atom. The number of ether oxygens (including phenoxy) is 2. The molecule has 1 amide bonds. The fourth-order valence-electron chi connectivity index (χ4n) is 2.26. The van der Waals surface area contributed by atoms with Gasteiger partial charge in [-0.25, -0.2) is 4.99 Å². The first kappa shape index (κ1) is 21.9. The van der Waals surface area contributed by atoms with E-state index in [1.165, 1.54) is 31.4 Å². The molecule has 7 nitrogen and oxygen atoms in total. The first-order valence-corrected chi connectivity index (χ1v) is 8.57. The van der Waals surface area contributed by atoms with Crippen molar-refractivity contribution in [3.8, 4) is 11.5 Å². The Hall–Kier alpha value is -3.43. The molecule has 0 fully saturated rings. The number of carbonyl (C=O) groups is 1. The highest BCUT2D eigenvalue weighted by Gasteiger charge is 2.30. The predicted octanol–water partition coefficient (Wildman–Crippen LogP) is 2.43. The highest BCUT2D eigenvalue weighted by molar-refractivity contribution is 5.94. The third kappa shape index (κ3) is 7.99. The van der Waals surface area contributed by atoms with E-state index >= 15 is 0 Å². The molecule has 4 N–H and O–H groups in total. The van der Waals surface area contributed by atoms with Crippen LogP contribution in [0.2, 0.25) is 0 Å². The van der Waals surface area contributed by atoms with Crippen LogP contribution in [0.4, 0.5) is 13.2 Å². The minimum absolute atomic E-state index is 0.149. The molecule has 2 rings (SSSR count). The van der Waals surface area contributed by atoms with Crippen molar-refractivity contribution in [1.82, 2.24) is 10.6 Å². The average molecular weight is 410 g/mol. The molecule has 0 heterocycles. The van der Waals surface area contributed by atoms with Crippen LogP contribution in [0.15, 0.2) is 53.5 Å². The second-order valence-corrected chi connectivity index (χ2v) is 5.81. The van der Waals surface area contributed by atoms with Crippen molar-refractivity contribution in [2.45, 2.75) is 12.9 Å². The fraction of sp³-hybridized carbons (Fsp3) is 0.263.